The molecule has 0 fully saturated rings. The van der Waals surface area contributed by atoms with E-state index in [0.29, 0.717) is 11.4 Å². The zero-order valence-corrected chi connectivity index (χ0v) is 11.9. The van der Waals surface area contributed by atoms with Crippen LogP contribution in [0, 0.1) is 11.6 Å². The molecule has 0 saturated carbocycles. The number of hydrogen-bond donors (Lipinski definition) is 2. The zero-order chi connectivity index (χ0) is 14.0. The Balaban J connectivity index is 2.29. The molecule has 0 aliphatic rings. The number of rotatable bonds is 3. The molecule has 7 heteroatoms. The number of anilines is 2. The van der Waals surface area contributed by atoms with Crippen LogP contribution in [0.5, 0.6) is 0 Å². The molecule has 1 heterocycles. The molecule has 0 bridgehead atoms. The lowest BCUT2D eigenvalue weighted by Gasteiger charge is -2.09. The zero-order valence-electron chi connectivity index (χ0n) is 9.45. The monoisotopic (exact) mass is 343 g/mol. The van der Waals surface area contributed by atoms with E-state index in [2.05, 4.69) is 26.2 Å². The summed E-state index contributed by atoms with van der Waals surface area (Å²) in [7, 11) is 0. The lowest BCUT2D eigenvalue weighted by molar-refractivity contribution is 0.584. The topological polar surface area (TPSA) is 50.9 Å². The molecule has 0 atom stereocenters. The fourth-order valence-electron chi connectivity index (χ4n) is 1.40. The van der Waals surface area contributed by atoms with E-state index in [9.17, 15) is 8.78 Å². The summed E-state index contributed by atoms with van der Waals surface area (Å²) in [4.78, 5) is 4.27. The Hall–Kier alpha value is -1.60. The van der Waals surface area contributed by atoms with E-state index in [1.54, 1.807) is 12.1 Å². The highest BCUT2D eigenvalue weighted by molar-refractivity contribution is 9.10. The molecule has 0 spiro atoms. The van der Waals surface area contributed by atoms with Crippen LogP contribution in [-0.2, 0) is 0 Å². The molecule has 0 amide bonds. The SMILES string of the molecule is NC(=S)c1ccc(Nc2c(F)cc(F)cc2Br)nc1. The van der Waals surface area contributed by atoms with Gasteiger partial charge in [-0.2, -0.15) is 0 Å². The van der Waals surface area contributed by atoms with Crippen molar-refractivity contribution >= 4 is 44.6 Å². The van der Waals surface area contributed by atoms with E-state index in [4.69, 9.17) is 18.0 Å². The first-order valence-corrected chi connectivity index (χ1v) is 6.35. The maximum absolute atomic E-state index is 13.6. The standard InChI is InChI=1S/C12H8BrF2N3S/c13-8-3-7(14)4-9(15)11(8)18-10-2-1-6(5-17-10)12(16)19/h1-5H,(H2,16,19)(H,17,18). The number of benzene rings is 1. The van der Waals surface area contributed by atoms with Crippen LogP contribution in [-0.4, -0.2) is 9.97 Å². The Morgan fingerprint density at radius 3 is 2.58 bits per heavy atom. The van der Waals surface area contributed by atoms with Crippen molar-refractivity contribution in [3.05, 3.63) is 52.1 Å². The van der Waals surface area contributed by atoms with Crippen LogP contribution >= 0.6 is 28.1 Å². The molecule has 1 aromatic heterocycles. The number of aromatic nitrogens is 1. The summed E-state index contributed by atoms with van der Waals surface area (Å²) in [5, 5.41) is 2.75. The van der Waals surface area contributed by atoms with E-state index in [-0.39, 0.29) is 15.1 Å². The van der Waals surface area contributed by atoms with Gasteiger partial charge in [0, 0.05) is 22.3 Å². The fraction of sp³-hybridized carbons (Fsp3) is 0. The first-order chi connectivity index (χ1) is 8.97. The van der Waals surface area contributed by atoms with Gasteiger partial charge in [-0.15, -0.1) is 0 Å². The molecule has 0 aliphatic heterocycles. The highest BCUT2D eigenvalue weighted by Gasteiger charge is 2.10. The summed E-state index contributed by atoms with van der Waals surface area (Å²) in [6.45, 7) is 0. The van der Waals surface area contributed by atoms with Crippen LogP contribution in [0.3, 0.4) is 0 Å². The molecular formula is C12H8BrF2N3S. The quantitative estimate of drug-likeness (QED) is 0.837. The third-order valence-electron chi connectivity index (χ3n) is 2.31. The number of thiocarbonyl (C=S) groups is 1. The summed E-state index contributed by atoms with van der Waals surface area (Å²) in [6, 6.07) is 5.21. The van der Waals surface area contributed by atoms with Crippen molar-refractivity contribution in [2.45, 2.75) is 0 Å². The number of halogens is 3. The first kappa shape index (κ1) is 13.8. The Labute approximate surface area is 122 Å². The molecule has 2 aromatic rings. The molecule has 2 rings (SSSR count). The fourth-order valence-corrected chi connectivity index (χ4v) is 2.03. The third kappa shape index (κ3) is 3.24. The van der Waals surface area contributed by atoms with Crippen LogP contribution in [0.15, 0.2) is 34.9 Å². The molecule has 0 saturated heterocycles. The molecular weight excluding hydrogens is 336 g/mol. The molecule has 19 heavy (non-hydrogen) atoms. The predicted molar refractivity (Wildman–Crippen MR) is 77.5 cm³/mol. The van der Waals surface area contributed by atoms with Crippen molar-refractivity contribution < 1.29 is 8.78 Å². The minimum absolute atomic E-state index is 0.108. The normalized spacial score (nSPS) is 10.3. The van der Waals surface area contributed by atoms with Gasteiger partial charge in [0.1, 0.15) is 16.6 Å². The van der Waals surface area contributed by atoms with Crippen LogP contribution < -0.4 is 11.1 Å². The van der Waals surface area contributed by atoms with Gasteiger partial charge >= 0.3 is 0 Å². The molecule has 98 valence electrons. The van der Waals surface area contributed by atoms with E-state index in [0.717, 1.165) is 12.1 Å². The number of nitrogens with zero attached hydrogens (tertiary/aromatic N) is 1. The van der Waals surface area contributed by atoms with E-state index >= 15 is 0 Å². The summed E-state index contributed by atoms with van der Waals surface area (Å²) in [5.74, 6) is -0.981. The molecule has 0 radical (unpaired) electrons. The van der Waals surface area contributed by atoms with E-state index in [1.807, 2.05) is 0 Å². The van der Waals surface area contributed by atoms with Crippen LogP contribution in [0.2, 0.25) is 0 Å². The largest absolute Gasteiger partial charge is 0.389 e. The average Bonchev–Trinajstić information content (AvgIpc) is 2.34. The Kier molecular flexibility index (Phi) is 4.06. The summed E-state index contributed by atoms with van der Waals surface area (Å²) >= 11 is 7.88. The van der Waals surface area contributed by atoms with E-state index < -0.39 is 11.6 Å². The first-order valence-electron chi connectivity index (χ1n) is 5.15. The highest BCUT2D eigenvalue weighted by atomic mass is 79.9. The lowest BCUT2D eigenvalue weighted by atomic mass is 10.2. The van der Waals surface area contributed by atoms with Gasteiger partial charge in [-0.25, -0.2) is 13.8 Å². The molecule has 3 nitrogen and oxygen atoms in total. The summed E-state index contributed by atoms with van der Waals surface area (Å²) < 4.78 is 26.8. The number of nitrogens with one attached hydrogen (secondary N) is 1. The van der Waals surface area contributed by atoms with Crippen LogP contribution in [0.1, 0.15) is 5.56 Å². The third-order valence-corrected chi connectivity index (χ3v) is 3.17. The second-order valence-electron chi connectivity index (χ2n) is 3.67. The summed E-state index contributed by atoms with van der Waals surface area (Å²) in [6.07, 6.45) is 1.47. The van der Waals surface area contributed by atoms with Gasteiger partial charge in [0.15, 0.2) is 5.82 Å². The van der Waals surface area contributed by atoms with Crippen LogP contribution in [0.25, 0.3) is 0 Å². The molecule has 0 unspecified atom stereocenters. The van der Waals surface area contributed by atoms with Gasteiger partial charge in [0.2, 0.25) is 0 Å². The van der Waals surface area contributed by atoms with Crippen molar-refractivity contribution in [2.75, 3.05) is 5.32 Å². The van der Waals surface area contributed by atoms with Gasteiger partial charge in [-0.1, -0.05) is 12.2 Å². The van der Waals surface area contributed by atoms with Crippen molar-refractivity contribution in [1.29, 1.82) is 0 Å². The Bertz CT molecular complexity index is 608. The van der Waals surface area contributed by atoms with Gasteiger partial charge in [0.05, 0.1) is 5.69 Å². The van der Waals surface area contributed by atoms with Gasteiger partial charge in [0.25, 0.3) is 0 Å². The second kappa shape index (κ2) is 5.58. The minimum Gasteiger partial charge on any atom is -0.389 e. The number of nitrogens with two attached hydrogens (primary N) is 1. The Morgan fingerprint density at radius 2 is 2.05 bits per heavy atom. The summed E-state index contributed by atoms with van der Waals surface area (Å²) in [5.41, 5.74) is 6.16. The molecule has 1 aromatic carbocycles. The number of hydrogen-bond acceptors (Lipinski definition) is 3. The Morgan fingerprint density at radius 1 is 1.32 bits per heavy atom. The van der Waals surface area contributed by atoms with Crippen LogP contribution in [0.4, 0.5) is 20.3 Å². The van der Waals surface area contributed by atoms with Gasteiger partial charge in [-0.05, 0) is 34.1 Å². The highest BCUT2D eigenvalue weighted by Crippen LogP contribution is 2.29. The average molecular weight is 344 g/mol. The number of pyridine rings is 1. The molecule has 3 N–H and O–H groups in total. The molecule has 0 aliphatic carbocycles. The minimum atomic E-state index is -0.716. The van der Waals surface area contributed by atoms with Gasteiger partial charge < -0.3 is 11.1 Å². The van der Waals surface area contributed by atoms with Crippen molar-refractivity contribution in [3.63, 3.8) is 0 Å². The van der Waals surface area contributed by atoms with Crippen molar-refractivity contribution in [2.24, 2.45) is 5.73 Å². The lowest BCUT2D eigenvalue weighted by Crippen LogP contribution is -2.09. The predicted octanol–water partition coefficient (Wildman–Crippen LogP) is 3.50. The maximum Gasteiger partial charge on any atom is 0.150 e. The van der Waals surface area contributed by atoms with Gasteiger partial charge in [-0.3, -0.25) is 0 Å². The maximum atomic E-state index is 13.6. The second-order valence-corrected chi connectivity index (χ2v) is 4.96. The van der Waals surface area contributed by atoms with Crippen molar-refractivity contribution in [3.8, 4) is 0 Å². The van der Waals surface area contributed by atoms with E-state index in [1.165, 1.54) is 6.20 Å². The smallest absolute Gasteiger partial charge is 0.150 e. The van der Waals surface area contributed by atoms with Crippen molar-refractivity contribution in [1.82, 2.24) is 4.98 Å².